The van der Waals surface area contributed by atoms with Crippen LogP contribution in [0.5, 0.6) is 0 Å². The molecule has 0 aliphatic carbocycles. The van der Waals surface area contributed by atoms with Crippen LogP contribution in [0, 0.1) is 6.92 Å². The minimum Gasteiger partial charge on any atom is -0.308 e. The van der Waals surface area contributed by atoms with E-state index in [-0.39, 0.29) is 11.6 Å². The number of para-hydroxylation sites is 1. The molecule has 0 bridgehead atoms. The van der Waals surface area contributed by atoms with E-state index in [1.54, 1.807) is 4.57 Å². The van der Waals surface area contributed by atoms with Crippen molar-refractivity contribution in [3.05, 3.63) is 69.2 Å². The number of benzene rings is 2. The second-order valence-electron chi connectivity index (χ2n) is 6.89. The van der Waals surface area contributed by atoms with Gasteiger partial charge in [0.2, 0.25) is 0 Å². The number of unbranched alkanes of at least 4 members (excludes halogenated alkanes) is 2. The second-order valence-corrected chi connectivity index (χ2v) is 7.30. The molecule has 0 saturated heterocycles. The van der Waals surface area contributed by atoms with Gasteiger partial charge in [-0.1, -0.05) is 49.6 Å². The lowest BCUT2D eigenvalue weighted by molar-refractivity contribution is 0.513. The fourth-order valence-corrected chi connectivity index (χ4v) is 3.47. The lowest BCUT2D eigenvalue weighted by atomic mass is 10.1. The summed E-state index contributed by atoms with van der Waals surface area (Å²) in [6.07, 6.45) is 3.47. The van der Waals surface area contributed by atoms with Gasteiger partial charge in [0.1, 0.15) is 5.82 Å². The van der Waals surface area contributed by atoms with Gasteiger partial charge in [0.25, 0.3) is 5.56 Å². The van der Waals surface area contributed by atoms with Crippen LogP contribution in [0.15, 0.2) is 47.3 Å². The molecule has 1 unspecified atom stereocenters. The van der Waals surface area contributed by atoms with Gasteiger partial charge in [0.05, 0.1) is 22.6 Å². The highest BCUT2D eigenvalue weighted by molar-refractivity contribution is 6.31. The molecule has 2 aromatic carbocycles. The van der Waals surface area contributed by atoms with E-state index in [0.29, 0.717) is 16.2 Å². The Morgan fingerprint density at radius 1 is 1.15 bits per heavy atom. The van der Waals surface area contributed by atoms with Gasteiger partial charge in [-0.25, -0.2) is 4.98 Å². The van der Waals surface area contributed by atoms with Gasteiger partial charge >= 0.3 is 0 Å². The Morgan fingerprint density at radius 3 is 2.70 bits per heavy atom. The molecule has 1 N–H and O–H groups in total. The first-order valence-corrected chi connectivity index (χ1v) is 9.93. The zero-order valence-electron chi connectivity index (χ0n) is 16.1. The van der Waals surface area contributed by atoms with E-state index in [1.165, 1.54) is 12.8 Å². The molecule has 0 spiro atoms. The maximum atomic E-state index is 13.3. The van der Waals surface area contributed by atoms with E-state index in [1.807, 2.05) is 49.4 Å². The molecule has 5 heteroatoms. The van der Waals surface area contributed by atoms with E-state index < -0.39 is 0 Å². The molecule has 1 aromatic heterocycles. The van der Waals surface area contributed by atoms with Crippen molar-refractivity contribution in [3.63, 3.8) is 0 Å². The van der Waals surface area contributed by atoms with Crippen molar-refractivity contribution in [2.75, 3.05) is 6.54 Å². The SMILES string of the molecule is CCCCCNC(C)c1nc2ccccc2c(=O)n1-c1cccc(Cl)c1C. The topological polar surface area (TPSA) is 46.9 Å². The molecule has 142 valence electrons. The Kier molecular flexibility index (Phi) is 6.30. The maximum absolute atomic E-state index is 13.3. The summed E-state index contributed by atoms with van der Waals surface area (Å²) in [5, 5.41) is 4.77. The number of nitrogens with zero attached hydrogens (tertiary/aromatic N) is 2. The Labute approximate surface area is 165 Å². The Bertz CT molecular complexity index is 997. The summed E-state index contributed by atoms with van der Waals surface area (Å²) in [5.41, 5.74) is 2.31. The van der Waals surface area contributed by atoms with E-state index in [9.17, 15) is 4.79 Å². The molecule has 0 aliphatic rings. The van der Waals surface area contributed by atoms with Gasteiger partial charge in [0, 0.05) is 5.02 Å². The number of nitrogens with one attached hydrogen (secondary N) is 1. The zero-order valence-corrected chi connectivity index (χ0v) is 16.9. The molecule has 3 rings (SSSR count). The summed E-state index contributed by atoms with van der Waals surface area (Å²) in [7, 11) is 0. The van der Waals surface area contributed by atoms with Gasteiger partial charge in [-0.05, 0) is 56.6 Å². The van der Waals surface area contributed by atoms with Crippen molar-refractivity contribution in [3.8, 4) is 5.69 Å². The normalized spacial score (nSPS) is 12.4. The molecule has 3 aromatic rings. The highest BCUT2D eigenvalue weighted by Crippen LogP contribution is 2.24. The smallest absolute Gasteiger partial charge is 0.266 e. The molecule has 0 fully saturated rings. The molecule has 0 aliphatic heterocycles. The highest BCUT2D eigenvalue weighted by Gasteiger charge is 2.19. The lowest BCUT2D eigenvalue weighted by Crippen LogP contribution is -2.31. The summed E-state index contributed by atoms with van der Waals surface area (Å²) in [5.74, 6) is 0.709. The number of hydrogen-bond donors (Lipinski definition) is 1. The van der Waals surface area contributed by atoms with Crippen molar-refractivity contribution >= 4 is 22.5 Å². The molecule has 4 nitrogen and oxygen atoms in total. The Morgan fingerprint density at radius 2 is 1.93 bits per heavy atom. The largest absolute Gasteiger partial charge is 0.308 e. The second kappa shape index (κ2) is 8.68. The minimum atomic E-state index is -0.0665. The predicted molar refractivity (Wildman–Crippen MR) is 113 cm³/mol. The summed E-state index contributed by atoms with van der Waals surface area (Å²) in [4.78, 5) is 18.2. The first kappa shape index (κ1) is 19.6. The zero-order chi connectivity index (χ0) is 19.4. The van der Waals surface area contributed by atoms with Gasteiger partial charge in [-0.15, -0.1) is 0 Å². The average Bonchev–Trinajstić information content (AvgIpc) is 2.67. The summed E-state index contributed by atoms with van der Waals surface area (Å²) in [6.45, 7) is 7.07. The van der Waals surface area contributed by atoms with Crippen LogP contribution in [-0.2, 0) is 0 Å². The molecule has 27 heavy (non-hydrogen) atoms. The van der Waals surface area contributed by atoms with Crippen molar-refractivity contribution in [2.24, 2.45) is 0 Å². The summed E-state index contributed by atoms with van der Waals surface area (Å²) < 4.78 is 1.71. The third kappa shape index (κ3) is 4.07. The molecule has 1 heterocycles. The average molecular weight is 384 g/mol. The van der Waals surface area contributed by atoms with Crippen molar-refractivity contribution in [1.29, 1.82) is 0 Å². The van der Waals surface area contributed by atoms with E-state index in [4.69, 9.17) is 16.6 Å². The number of hydrogen-bond acceptors (Lipinski definition) is 3. The first-order valence-electron chi connectivity index (χ1n) is 9.55. The molecule has 0 amide bonds. The van der Waals surface area contributed by atoms with Crippen molar-refractivity contribution < 1.29 is 0 Å². The van der Waals surface area contributed by atoms with E-state index >= 15 is 0 Å². The fraction of sp³-hybridized carbons (Fsp3) is 0.364. The van der Waals surface area contributed by atoms with E-state index in [0.717, 1.165) is 29.7 Å². The summed E-state index contributed by atoms with van der Waals surface area (Å²) in [6, 6.07) is 13.1. The van der Waals surface area contributed by atoms with Crippen LogP contribution >= 0.6 is 11.6 Å². The van der Waals surface area contributed by atoms with Gasteiger partial charge in [-0.2, -0.15) is 0 Å². The standard InChI is InChI=1S/C22H26ClN3O/c1-4-5-8-14-24-16(3)21-25-19-12-7-6-10-17(19)22(27)26(21)20-13-9-11-18(23)15(20)2/h6-7,9-13,16,24H,4-5,8,14H2,1-3H3. The number of fused-ring (bicyclic) bond motifs is 1. The van der Waals surface area contributed by atoms with Crippen molar-refractivity contribution in [1.82, 2.24) is 14.9 Å². The van der Waals surface area contributed by atoms with Crippen LogP contribution < -0.4 is 10.9 Å². The molecule has 0 radical (unpaired) electrons. The van der Waals surface area contributed by atoms with Crippen LogP contribution in [0.1, 0.15) is 50.5 Å². The Hall–Kier alpha value is -2.17. The lowest BCUT2D eigenvalue weighted by Gasteiger charge is -2.21. The third-order valence-corrected chi connectivity index (χ3v) is 5.31. The monoisotopic (exact) mass is 383 g/mol. The summed E-state index contributed by atoms with van der Waals surface area (Å²) >= 11 is 6.33. The Balaban J connectivity index is 2.16. The number of aromatic nitrogens is 2. The van der Waals surface area contributed by atoms with Gasteiger partial charge in [0.15, 0.2) is 0 Å². The fourth-order valence-electron chi connectivity index (χ4n) is 3.30. The van der Waals surface area contributed by atoms with Gasteiger partial charge < -0.3 is 5.32 Å². The molecular formula is C22H26ClN3O. The van der Waals surface area contributed by atoms with Crippen LogP contribution in [0.4, 0.5) is 0 Å². The van der Waals surface area contributed by atoms with Crippen LogP contribution in [0.2, 0.25) is 5.02 Å². The van der Waals surface area contributed by atoms with Crippen LogP contribution in [0.3, 0.4) is 0 Å². The third-order valence-electron chi connectivity index (χ3n) is 4.90. The molecule has 0 saturated carbocycles. The van der Waals surface area contributed by atoms with Crippen molar-refractivity contribution in [2.45, 2.75) is 46.1 Å². The molecule has 1 atom stereocenters. The maximum Gasteiger partial charge on any atom is 0.266 e. The quantitative estimate of drug-likeness (QED) is 0.571. The first-order chi connectivity index (χ1) is 13.0. The van der Waals surface area contributed by atoms with Gasteiger partial charge in [-0.3, -0.25) is 9.36 Å². The number of rotatable bonds is 7. The predicted octanol–water partition coefficient (Wildman–Crippen LogP) is 5.19. The molecular weight excluding hydrogens is 358 g/mol. The minimum absolute atomic E-state index is 0.0578. The number of halogens is 1. The van der Waals surface area contributed by atoms with E-state index in [2.05, 4.69) is 19.2 Å². The van der Waals surface area contributed by atoms with Crippen LogP contribution in [0.25, 0.3) is 16.6 Å². The van der Waals surface area contributed by atoms with Crippen LogP contribution in [-0.4, -0.2) is 16.1 Å². The highest BCUT2D eigenvalue weighted by atomic mass is 35.5.